The Hall–Kier alpha value is -1.19. The van der Waals surface area contributed by atoms with E-state index in [1.165, 1.54) is 25.8 Å². The second-order valence-electron chi connectivity index (χ2n) is 7.72. The third-order valence-electron chi connectivity index (χ3n) is 6.68. The summed E-state index contributed by atoms with van der Waals surface area (Å²) in [5.41, 5.74) is 2.33. The molecule has 0 radical (unpaired) electrons. The molecule has 1 N–H and O–H groups in total. The van der Waals surface area contributed by atoms with E-state index in [9.17, 15) is 5.11 Å². The Labute approximate surface area is 132 Å². The molecule has 1 aromatic rings. The molecule has 22 heavy (non-hydrogen) atoms. The molecule has 1 saturated carbocycles. The van der Waals surface area contributed by atoms with Crippen LogP contribution in [-0.4, -0.2) is 34.8 Å². The average molecular weight is 296 g/mol. The molecular formula is C19H24N2O. The number of fused-ring (bicyclic) bond motifs is 4. The fraction of sp³-hybridized carbons (Fsp3) is 0.632. The molecule has 0 aromatic heterocycles. The number of nitrogens with zero attached hydrogens (tertiary/aromatic N) is 2. The Balaban J connectivity index is 1.65. The Morgan fingerprint density at radius 1 is 1.32 bits per heavy atom. The first-order valence-electron chi connectivity index (χ1n) is 8.85. The van der Waals surface area contributed by atoms with E-state index in [0.717, 1.165) is 41.8 Å². The highest BCUT2D eigenvalue weighted by Gasteiger charge is 2.56. The molecule has 0 spiro atoms. The van der Waals surface area contributed by atoms with Crippen molar-refractivity contribution < 1.29 is 5.11 Å². The average Bonchev–Trinajstić information content (AvgIpc) is 2.82. The molecule has 116 valence electrons. The number of para-hydroxylation sites is 1. The molecule has 4 bridgehead atoms. The first kappa shape index (κ1) is 13.3. The molecule has 1 unspecified atom stereocenters. The maximum absolute atomic E-state index is 11.5. The largest absolute Gasteiger partial charge is 0.379 e. The standard InChI is InChI=1S/C19H24N2O/c1-2-13-9-12-10-14-17(13)21(11-12)8-7-19(22)15-5-3-4-6-16(15)20-18(14)19/h3-6,12-14,17,22H,2,7-11H2,1H3/t12-,13+,14-,17+,19+/m1/s1. The molecule has 6 rings (SSSR count). The van der Waals surface area contributed by atoms with Gasteiger partial charge < -0.3 is 5.11 Å². The van der Waals surface area contributed by atoms with Crippen molar-refractivity contribution in [1.29, 1.82) is 0 Å². The van der Waals surface area contributed by atoms with Crippen molar-refractivity contribution in [3.8, 4) is 0 Å². The van der Waals surface area contributed by atoms with Crippen LogP contribution >= 0.6 is 0 Å². The molecule has 0 amide bonds. The number of piperidine rings is 2. The normalized spacial score (nSPS) is 45.0. The number of rotatable bonds is 1. The van der Waals surface area contributed by atoms with Crippen LogP contribution < -0.4 is 0 Å². The Morgan fingerprint density at radius 2 is 2.18 bits per heavy atom. The summed E-state index contributed by atoms with van der Waals surface area (Å²) in [5.74, 6) is 2.04. The Morgan fingerprint density at radius 3 is 3.05 bits per heavy atom. The lowest BCUT2D eigenvalue weighted by Crippen LogP contribution is -2.58. The van der Waals surface area contributed by atoms with Crippen LogP contribution in [0.4, 0.5) is 5.69 Å². The van der Waals surface area contributed by atoms with Crippen molar-refractivity contribution in [3.63, 3.8) is 0 Å². The van der Waals surface area contributed by atoms with Gasteiger partial charge in [-0.2, -0.15) is 0 Å². The van der Waals surface area contributed by atoms with Crippen molar-refractivity contribution in [2.75, 3.05) is 13.1 Å². The summed E-state index contributed by atoms with van der Waals surface area (Å²) >= 11 is 0. The van der Waals surface area contributed by atoms with E-state index in [2.05, 4.69) is 24.0 Å². The van der Waals surface area contributed by atoms with Gasteiger partial charge in [-0.1, -0.05) is 31.5 Å². The first-order valence-corrected chi connectivity index (χ1v) is 8.85. The second kappa shape index (κ2) is 4.42. The van der Waals surface area contributed by atoms with Crippen molar-refractivity contribution in [2.24, 2.45) is 22.7 Å². The molecule has 3 nitrogen and oxygen atoms in total. The fourth-order valence-corrected chi connectivity index (χ4v) is 5.81. The second-order valence-corrected chi connectivity index (χ2v) is 7.72. The highest BCUT2D eigenvalue weighted by atomic mass is 16.3. The summed E-state index contributed by atoms with van der Waals surface area (Å²) in [6.07, 6.45) is 4.67. The Bertz CT molecular complexity index is 655. The molecule has 3 heteroatoms. The van der Waals surface area contributed by atoms with Crippen LogP contribution in [0.3, 0.4) is 0 Å². The zero-order valence-corrected chi connectivity index (χ0v) is 13.2. The minimum atomic E-state index is -0.807. The third kappa shape index (κ3) is 1.56. The van der Waals surface area contributed by atoms with Gasteiger partial charge in [0, 0.05) is 30.6 Å². The van der Waals surface area contributed by atoms with Gasteiger partial charge in [-0.05, 0) is 37.2 Å². The van der Waals surface area contributed by atoms with Gasteiger partial charge in [0.05, 0.1) is 11.4 Å². The van der Waals surface area contributed by atoms with Crippen LogP contribution in [0.2, 0.25) is 0 Å². The number of aliphatic hydroxyl groups is 1. The zero-order valence-electron chi connectivity index (χ0n) is 13.2. The minimum Gasteiger partial charge on any atom is -0.379 e. The monoisotopic (exact) mass is 296 g/mol. The van der Waals surface area contributed by atoms with Gasteiger partial charge in [0.25, 0.3) is 0 Å². The predicted octanol–water partition coefficient (Wildman–Crippen LogP) is 3.10. The first-order chi connectivity index (χ1) is 10.7. The van der Waals surface area contributed by atoms with Gasteiger partial charge in [-0.3, -0.25) is 9.89 Å². The van der Waals surface area contributed by atoms with Gasteiger partial charge >= 0.3 is 0 Å². The van der Waals surface area contributed by atoms with Gasteiger partial charge in [0.2, 0.25) is 0 Å². The van der Waals surface area contributed by atoms with Crippen LogP contribution in [0.1, 0.15) is 38.2 Å². The van der Waals surface area contributed by atoms with E-state index < -0.39 is 5.60 Å². The van der Waals surface area contributed by atoms with E-state index in [-0.39, 0.29) is 0 Å². The van der Waals surface area contributed by atoms with Gasteiger partial charge in [0.1, 0.15) is 5.60 Å². The lowest BCUT2D eigenvalue weighted by molar-refractivity contribution is -0.0182. The molecular weight excluding hydrogens is 272 g/mol. The van der Waals surface area contributed by atoms with Crippen molar-refractivity contribution in [3.05, 3.63) is 29.8 Å². The molecule has 1 aliphatic carbocycles. The smallest absolute Gasteiger partial charge is 0.131 e. The molecule has 3 saturated heterocycles. The third-order valence-corrected chi connectivity index (χ3v) is 6.68. The highest BCUT2D eigenvalue weighted by Crippen LogP contribution is 2.53. The van der Waals surface area contributed by atoms with Crippen LogP contribution in [0.25, 0.3) is 0 Å². The zero-order chi connectivity index (χ0) is 14.9. The Kier molecular flexibility index (Phi) is 2.67. The molecule has 6 atom stereocenters. The topological polar surface area (TPSA) is 35.8 Å². The van der Waals surface area contributed by atoms with Crippen LogP contribution in [0.5, 0.6) is 0 Å². The summed E-state index contributed by atoms with van der Waals surface area (Å²) in [5, 5.41) is 11.5. The molecule has 4 aliphatic heterocycles. The van der Waals surface area contributed by atoms with Gasteiger partial charge in [-0.15, -0.1) is 0 Å². The highest BCUT2D eigenvalue weighted by molar-refractivity contribution is 6.02. The van der Waals surface area contributed by atoms with E-state index in [4.69, 9.17) is 4.99 Å². The summed E-state index contributed by atoms with van der Waals surface area (Å²) in [4.78, 5) is 7.63. The van der Waals surface area contributed by atoms with Crippen LogP contribution in [0, 0.1) is 17.8 Å². The predicted molar refractivity (Wildman–Crippen MR) is 87.4 cm³/mol. The van der Waals surface area contributed by atoms with Gasteiger partial charge in [-0.25, -0.2) is 0 Å². The molecule has 5 aliphatic rings. The SMILES string of the molecule is CC[C@H]1C[C@@H]2C[C@H]3C4=Nc5ccccc5[C@@]4(O)CCN(C2)[C@@H]13. The minimum absolute atomic E-state index is 0.456. The van der Waals surface area contributed by atoms with Crippen molar-refractivity contribution in [2.45, 2.75) is 44.2 Å². The van der Waals surface area contributed by atoms with Crippen molar-refractivity contribution in [1.82, 2.24) is 4.90 Å². The number of hydrogen-bond acceptors (Lipinski definition) is 3. The lowest BCUT2D eigenvalue weighted by atomic mass is 9.63. The van der Waals surface area contributed by atoms with Crippen LogP contribution in [-0.2, 0) is 5.60 Å². The summed E-state index contributed by atoms with van der Waals surface area (Å²) in [6, 6.07) is 8.81. The summed E-state index contributed by atoms with van der Waals surface area (Å²) < 4.78 is 0. The summed E-state index contributed by atoms with van der Waals surface area (Å²) in [6.45, 7) is 4.58. The number of hydrogen-bond donors (Lipinski definition) is 1. The quantitative estimate of drug-likeness (QED) is 0.864. The molecule has 4 heterocycles. The van der Waals surface area contributed by atoms with E-state index in [1.807, 2.05) is 12.1 Å². The number of benzene rings is 1. The molecule has 4 fully saturated rings. The lowest BCUT2D eigenvalue weighted by Gasteiger charge is -2.53. The maximum atomic E-state index is 11.5. The van der Waals surface area contributed by atoms with E-state index in [0.29, 0.717) is 12.0 Å². The van der Waals surface area contributed by atoms with Gasteiger partial charge in [0.15, 0.2) is 0 Å². The van der Waals surface area contributed by atoms with Crippen LogP contribution in [0.15, 0.2) is 29.3 Å². The maximum Gasteiger partial charge on any atom is 0.131 e. The summed E-state index contributed by atoms with van der Waals surface area (Å²) in [7, 11) is 0. The van der Waals surface area contributed by atoms with E-state index >= 15 is 0 Å². The fourth-order valence-electron chi connectivity index (χ4n) is 5.81. The van der Waals surface area contributed by atoms with Crippen molar-refractivity contribution >= 4 is 11.4 Å². The number of aliphatic imine (C=N–C) groups is 1. The molecule has 1 aromatic carbocycles. The van der Waals surface area contributed by atoms with E-state index in [1.54, 1.807) is 0 Å².